The molecule has 1 heterocycles. The van der Waals surface area contributed by atoms with E-state index in [1.54, 1.807) is 0 Å². The molecule has 0 bridgehead atoms. The van der Waals surface area contributed by atoms with Gasteiger partial charge in [0.1, 0.15) is 0 Å². The molecular weight excluding hydrogens is 185 g/mol. The number of nitrogens with one attached hydrogen (secondary N) is 1. The van der Waals surface area contributed by atoms with Crippen LogP contribution in [0.2, 0.25) is 0 Å². The number of rotatable bonds is 0. The van der Waals surface area contributed by atoms with Crippen LogP contribution in [-0.2, 0) is 6.18 Å². The number of halogens is 3. The summed E-state index contributed by atoms with van der Waals surface area (Å²) in [5.74, 6) is 1.88. The third-order valence-corrected chi connectivity index (χ3v) is 1.19. The van der Waals surface area contributed by atoms with Crippen molar-refractivity contribution in [3.8, 4) is 12.3 Å². The van der Waals surface area contributed by atoms with E-state index in [-0.39, 0.29) is 5.69 Å². The Morgan fingerprint density at radius 1 is 1.54 bits per heavy atom. The Hall–Kier alpha value is -1.77. The zero-order valence-electron chi connectivity index (χ0n) is 6.14. The zero-order valence-corrected chi connectivity index (χ0v) is 6.14. The van der Waals surface area contributed by atoms with Crippen LogP contribution in [0.15, 0.2) is 10.9 Å². The van der Waals surface area contributed by atoms with Gasteiger partial charge in [-0.1, -0.05) is 5.92 Å². The normalized spacial score (nSPS) is 10.9. The Bertz CT molecular complexity index is 413. The summed E-state index contributed by atoms with van der Waals surface area (Å²) in [5, 5.41) is 0. The van der Waals surface area contributed by atoms with Crippen molar-refractivity contribution in [1.82, 2.24) is 9.97 Å². The van der Waals surface area contributed by atoms with Crippen molar-refractivity contribution >= 4 is 0 Å². The fourth-order valence-electron chi connectivity index (χ4n) is 0.681. The zero-order chi connectivity index (χ0) is 10.1. The minimum Gasteiger partial charge on any atom is -0.299 e. The molecule has 0 aliphatic carbocycles. The van der Waals surface area contributed by atoms with Crippen LogP contribution in [0.4, 0.5) is 13.2 Å². The molecule has 1 aromatic rings. The van der Waals surface area contributed by atoms with E-state index in [1.165, 1.54) is 0 Å². The number of hydrogen-bond acceptors (Lipinski definition) is 2. The average Bonchev–Trinajstić information content (AvgIpc) is 2.01. The summed E-state index contributed by atoms with van der Waals surface area (Å²) in [5.41, 5.74) is -2.64. The first-order valence-corrected chi connectivity index (χ1v) is 3.08. The summed E-state index contributed by atoms with van der Waals surface area (Å²) >= 11 is 0. The second-order valence-corrected chi connectivity index (χ2v) is 2.13. The van der Waals surface area contributed by atoms with Gasteiger partial charge in [0.05, 0.1) is 5.69 Å². The van der Waals surface area contributed by atoms with Gasteiger partial charge in [0.2, 0.25) is 0 Å². The van der Waals surface area contributed by atoms with Gasteiger partial charge in [-0.25, -0.2) is 4.79 Å². The topological polar surface area (TPSA) is 45.8 Å². The largest absolute Gasteiger partial charge is 0.433 e. The molecule has 0 spiro atoms. The van der Waals surface area contributed by atoms with Crippen molar-refractivity contribution in [2.45, 2.75) is 6.18 Å². The molecule has 1 rings (SSSR count). The number of nitrogens with zero attached hydrogens (tertiary/aromatic N) is 1. The third kappa shape index (κ3) is 2.08. The van der Waals surface area contributed by atoms with E-state index in [1.807, 2.05) is 10.9 Å². The van der Waals surface area contributed by atoms with Crippen LogP contribution in [0.3, 0.4) is 0 Å². The Morgan fingerprint density at radius 2 is 2.15 bits per heavy atom. The van der Waals surface area contributed by atoms with Gasteiger partial charge in [0.25, 0.3) is 0 Å². The van der Waals surface area contributed by atoms with Gasteiger partial charge in [0, 0.05) is 6.07 Å². The van der Waals surface area contributed by atoms with Crippen LogP contribution in [-0.4, -0.2) is 9.97 Å². The molecule has 1 aromatic heterocycles. The third-order valence-electron chi connectivity index (χ3n) is 1.19. The number of alkyl halides is 3. The quantitative estimate of drug-likeness (QED) is 0.611. The van der Waals surface area contributed by atoms with Crippen molar-refractivity contribution < 1.29 is 13.2 Å². The van der Waals surface area contributed by atoms with Gasteiger partial charge in [-0.05, 0) is 0 Å². The molecule has 6 heteroatoms. The molecule has 0 saturated heterocycles. The van der Waals surface area contributed by atoms with E-state index < -0.39 is 17.6 Å². The van der Waals surface area contributed by atoms with E-state index in [0.717, 1.165) is 0 Å². The van der Waals surface area contributed by atoms with E-state index in [2.05, 4.69) is 4.98 Å². The molecule has 0 aliphatic rings. The molecule has 3 nitrogen and oxygen atoms in total. The van der Waals surface area contributed by atoms with E-state index >= 15 is 0 Å². The molecule has 0 amide bonds. The summed E-state index contributed by atoms with van der Waals surface area (Å²) in [7, 11) is 0. The van der Waals surface area contributed by atoms with Gasteiger partial charge in [-0.2, -0.15) is 18.2 Å². The highest BCUT2D eigenvalue weighted by molar-refractivity contribution is 5.25. The fourth-order valence-corrected chi connectivity index (χ4v) is 0.681. The Kier molecular flexibility index (Phi) is 2.10. The van der Waals surface area contributed by atoms with Crippen LogP contribution in [0.1, 0.15) is 11.4 Å². The van der Waals surface area contributed by atoms with Crippen molar-refractivity contribution in [3.05, 3.63) is 27.9 Å². The molecule has 0 saturated carbocycles. The lowest BCUT2D eigenvalue weighted by Crippen LogP contribution is -2.19. The lowest BCUT2D eigenvalue weighted by atomic mass is 10.3. The smallest absolute Gasteiger partial charge is 0.299 e. The molecule has 1 N–H and O–H groups in total. The fraction of sp³-hybridized carbons (Fsp3) is 0.143. The van der Waals surface area contributed by atoms with Gasteiger partial charge in [0.15, 0.2) is 5.69 Å². The van der Waals surface area contributed by atoms with Gasteiger partial charge < -0.3 is 0 Å². The number of aromatic amines is 1. The van der Waals surface area contributed by atoms with Crippen molar-refractivity contribution in [1.29, 1.82) is 0 Å². The molecular formula is C7H3F3N2O. The predicted octanol–water partition coefficient (Wildman–Crippen LogP) is 0.770. The molecule has 0 atom stereocenters. The maximum Gasteiger partial charge on any atom is 0.433 e. The van der Waals surface area contributed by atoms with Crippen LogP contribution in [0, 0.1) is 12.3 Å². The predicted molar refractivity (Wildman–Crippen MR) is 37.8 cm³/mol. The first kappa shape index (κ1) is 9.32. The summed E-state index contributed by atoms with van der Waals surface area (Å²) in [6, 6.07) is 0.599. The standard InChI is InChI=1S/C7H3F3N2O/c1-2-4-3-5(7(8,9)10)12-6(13)11-4/h1,3H,(H,11,12,13). The SMILES string of the molecule is C#Cc1cc(C(F)(F)F)nc(=O)[nH]1. The van der Waals surface area contributed by atoms with Crippen LogP contribution in [0.25, 0.3) is 0 Å². The van der Waals surface area contributed by atoms with Crippen LogP contribution >= 0.6 is 0 Å². The molecule has 0 fully saturated rings. The van der Waals surface area contributed by atoms with Crippen molar-refractivity contribution in [2.24, 2.45) is 0 Å². The second-order valence-electron chi connectivity index (χ2n) is 2.13. The summed E-state index contributed by atoms with van der Waals surface area (Å²) in [4.78, 5) is 15.2. The van der Waals surface area contributed by atoms with Crippen molar-refractivity contribution in [3.63, 3.8) is 0 Å². The average molecular weight is 188 g/mol. The van der Waals surface area contributed by atoms with Gasteiger partial charge >= 0.3 is 11.9 Å². The highest BCUT2D eigenvalue weighted by Gasteiger charge is 2.33. The minimum absolute atomic E-state index is 0.243. The molecule has 0 aliphatic heterocycles. The van der Waals surface area contributed by atoms with Crippen LogP contribution in [0.5, 0.6) is 0 Å². The summed E-state index contributed by atoms with van der Waals surface area (Å²) in [6.07, 6.45) is 0.163. The number of terminal acetylenes is 1. The molecule has 0 radical (unpaired) electrons. The minimum atomic E-state index is -4.65. The lowest BCUT2D eigenvalue weighted by Gasteiger charge is -2.03. The highest BCUT2D eigenvalue weighted by atomic mass is 19.4. The molecule has 68 valence electrons. The van der Waals surface area contributed by atoms with E-state index in [9.17, 15) is 18.0 Å². The first-order valence-electron chi connectivity index (χ1n) is 3.08. The summed E-state index contributed by atoms with van der Waals surface area (Å²) in [6.45, 7) is 0. The lowest BCUT2D eigenvalue weighted by molar-refractivity contribution is -0.141. The maximum atomic E-state index is 12.0. The summed E-state index contributed by atoms with van der Waals surface area (Å²) < 4.78 is 36.0. The number of hydrogen-bond donors (Lipinski definition) is 1. The first-order chi connectivity index (χ1) is 5.93. The maximum absolute atomic E-state index is 12.0. The highest BCUT2D eigenvalue weighted by Crippen LogP contribution is 2.26. The Labute approximate surface area is 70.6 Å². The number of H-pyrrole nitrogens is 1. The van der Waals surface area contributed by atoms with Crippen molar-refractivity contribution in [2.75, 3.05) is 0 Å². The number of aromatic nitrogens is 2. The molecule has 0 aromatic carbocycles. The van der Waals surface area contributed by atoms with E-state index in [0.29, 0.717) is 6.07 Å². The van der Waals surface area contributed by atoms with E-state index in [4.69, 9.17) is 6.42 Å². The Balaban J connectivity index is 3.35. The van der Waals surface area contributed by atoms with Gasteiger partial charge in [-0.3, -0.25) is 4.98 Å². The second kappa shape index (κ2) is 2.94. The molecule has 13 heavy (non-hydrogen) atoms. The van der Waals surface area contributed by atoms with Gasteiger partial charge in [-0.15, -0.1) is 6.42 Å². The monoisotopic (exact) mass is 188 g/mol. The molecule has 0 unspecified atom stereocenters. The van der Waals surface area contributed by atoms with Crippen LogP contribution < -0.4 is 5.69 Å². The Morgan fingerprint density at radius 3 is 2.62 bits per heavy atom.